The van der Waals surface area contributed by atoms with Gasteiger partial charge in [0.2, 0.25) is 0 Å². The summed E-state index contributed by atoms with van der Waals surface area (Å²) in [6.45, 7) is 3.37. The molecular formula is C20H24N4O2. The third kappa shape index (κ3) is 3.00. The van der Waals surface area contributed by atoms with Crippen molar-refractivity contribution >= 4 is 11.8 Å². The Bertz CT molecular complexity index is 835. The summed E-state index contributed by atoms with van der Waals surface area (Å²) in [4.78, 5) is 27.0. The standard InChI is InChI=1S/C20H24N4O2/c1-14-12-16(23(2)22-14)19(26)24-10-8-20(9-11-24)13-17(20)21-18(25)15-6-4-3-5-7-15/h3-7,12,17H,8-11,13H2,1-2H3,(H,21,25). The fourth-order valence-corrected chi connectivity index (χ4v) is 4.06. The van der Waals surface area contributed by atoms with E-state index in [9.17, 15) is 9.59 Å². The van der Waals surface area contributed by atoms with Crippen molar-refractivity contribution in [3.63, 3.8) is 0 Å². The van der Waals surface area contributed by atoms with Gasteiger partial charge in [-0.1, -0.05) is 18.2 Å². The third-order valence-corrected chi connectivity index (χ3v) is 5.80. The highest BCUT2D eigenvalue weighted by molar-refractivity contribution is 5.94. The zero-order valence-corrected chi connectivity index (χ0v) is 15.2. The first-order valence-corrected chi connectivity index (χ1v) is 9.14. The molecule has 6 nitrogen and oxygen atoms in total. The minimum atomic E-state index is -0.00339. The molecule has 1 saturated heterocycles. The van der Waals surface area contributed by atoms with Crippen molar-refractivity contribution < 1.29 is 9.59 Å². The van der Waals surface area contributed by atoms with E-state index in [2.05, 4.69) is 10.4 Å². The third-order valence-electron chi connectivity index (χ3n) is 5.80. The number of aryl methyl sites for hydroxylation is 2. The van der Waals surface area contributed by atoms with Crippen LogP contribution in [0.3, 0.4) is 0 Å². The number of nitrogens with one attached hydrogen (secondary N) is 1. The summed E-state index contributed by atoms with van der Waals surface area (Å²) in [5.41, 5.74) is 2.37. The first-order valence-electron chi connectivity index (χ1n) is 9.14. The van der Waals surface area contributed by atoms with Gasteiger partial charge in [0.1, 0.15) is 5.69 Å². The molecular weight excluding hydrogens is 328 g/mol. The highest BCUT2D eigenvalue weighted by Crippen LogP contribution is 2.54. The van der Waals surface area contributed by atoms with Crippen LogP contribution in [0.15, 0.2) is 36.4 Å². The summed E-state index contributed by atoms with van der Waals surface area (Å²) in [7, 11) is 1.81. The van der Waals surface area contributed by atoms with Gasteiger partial charge in [-0.25, -0.2) is 0 Å². The predicted octanol–water partition coefficient (Wildman–Crippen LogP) is 2.15. The van der Waals surface area contributed by atoms with E-state index in [1.165, 1.54) is 0 Å². The maximum absolute atomic E-state index is 12.7. The Morgan fingerprint density at radius 3 is 2.50 bits per heavy atom. The van der Waals surface area contributed by atoms with Crippen LogP contribution in [0.5, 0.6) is 0 Å². The number of aromatic nitrogens is 2. The van der Waals surface area contributed by atoms with Crippen LogP contribution in [0.25, 0.3) is 0 Å². The van der Waals surface area contributed by atoms with Crippen LogP contribution < -0.4 is 5.32 Å². The number of rotatable bonds is 3. The molecule has 2 heterocycles. The molecule has 2 fully saturated rings. The number of hydrogen-bond acceptors (Lipinski definition) is 3. The van der Waals surface area contributed by atoms with E-state index < -0.39 is 0 Å². The van der Waals surface area contributed by atoms with Gasteiger partial charge in [0, 0.05) is 31.7 Å². The van der Waals surface area contributed by atoms with Crippen molar-refractivity contribution in [2.24, 2.45) is 12.5 Å². The predicted molar refractivity (Wildman–Crippen MR) is 97.8 cm³/mol. The number of benzene rings is 1. The van der Waals surface area contributed by atoms with Gasteiger partial charge in [0.15, 0.2) is 0 Å². The van der Waals surface area contributed by atoms with Crippen LogP contribution in [0.1, 0.15) is 45.8 Å². The lowest BCUT2D eigenvalue weighted by Crippen LogP contribution is -2.42. The van der Waals surface area contributed by atoms with E-state index in [0.717, 1.165) is 38.0 Å². The normalized spacial score (nSPS) is 20.8. The molecule has 1 saturated carbocycles. The second kappa shape index (κ2) is 6.27. The maximum atomic E-state index is 12.7. The Kier molecular flexibility index (Phi) is 4.05. The first kappa shape index (κ1) is 16.8. The molecule has 0 bridgehead atoms. The Morgan fingerprint density at radius 2 is 1.88 bits per heavy atom. The zero-order chi connectivity index (χ0) is 18.3. The molecule has 26 heavy (non-hydrogen) atoms. The lowest BCUT2D eigenvalue weighted by molar-refractivity contribution is 0.0657. The minimum absolute atomic E-state index is 0.00339. The number of nitrogens with zero attached hydrogens (tertiary/aromatic N) is 3. The van der Waals surface area contributed by atoms with Crippen molar-refractivity contribution in [3.8, 4) is 0 Å². The molecule has 6 heteroatoms. The average molecular weight is 352 g/mol. The maximum Gasteiger partial charge on any atom is 0.272 e. The van der Waals surface area contributed by atoms with Gasteiger partial charge >= 0.3 is 0 Å². The van der Waals surface area contributed by atoms with Crippen LogP contribution in [-0.4, -0.2) is 45.6 Å². The Labute approximate surface area is 153 Å². The molecule has 2 aliphatic rings. The van der Waals surface area contributed by atoms with Crippen molar-refractivity contribution in [1.82, 2.24) is 20.0 Å². The smallest absolute Gasteiger partial charge is 0.272 e. The van der Waals surface area contributed by atoms with Crippen molar-refractivity contribution in [2.45, 2.75) is 32.2 Å². The molecule has 2 amide bonds. The molecule has 1 N–H and O–H groups in total. The van der Waals surface area contributed by atoms with Gasteiger partial charge in [-0.3, -0.25) is 14.3 Å². The molecule has 1 aliphatic carbocycles. The summed E-state index contributed by atoms with van der Waals surface area (Å²) in [5.74, 6) is 0.0461. The Hall–Kier alpha value is -2.63. The number of likely N-dealkylation sites (tertiary alicyclic amines) is 1. The van der Waals surface area contributed by atoms with Crippen LogP contribution in [0.4, 0.5) is 0 Å². The molecule has 4 rings (SSSR count). The van der Waals surface area contributed by atoms with E-state index in [1.54, 1.807) is 4.68 Å². The van der Waals surface area contributed by atoms with Crippen LogP contribution in [0.2, 0.25) is 0 Å². The van der Waals surface area contributed by atoms with Gasteiger partial charge in [0.25, 0.3) is 11.8 Å². The highest BCUT2D eigenvalue weighted by atomic mass is 16.2. The summed E-state index contributed by atoms with van der Waals surface area (Å²) in [6.07, 6.45) is 2.89. The minimum Gasteiger partial charge on any atom is -0.349 e. The topological polar surface area (TPSA) is 67.2 Å². The van der Waals surface area contributed by atoms with Crippen molar-refractivity contribution in [3.05, 3.63) is 53.3 Å². The largest absolute Gasteiger partial charge is 0.349 e. The Balaban J connectivity index is 1.34. The van der Waals surface area contributed by atoms with Crippen LogP contribution >= 0.6 is 0 Å². The molecule has 1 atom stereocenters. The summed E-state index contributed by atoms with van der Waals surface area (Å²) >= 11 is 0. The van der Waals surface area contributed by atoms with Gasteiger partial charge in [-0.05, 0) is 49.8 Å². The molecule has 1 aromatic heterocycles. The molecule has 1 spiro atoms. The zero-order valence-electron chi connectivity index (χ0n) is 15.2. The fraction of sp³-hybridized carbons (Fsp3) is 0.450. The molecule has 136 valence electrons. The van der Waals surface area contributed by atoms with E-state index in [0.29, 0.717) is 11.3 Å². The molecule has 1 unspecified atom stereocenters. The van der Waals surface area contributed by atoms with Crippen molar-refractivity contribution in [2.75, 3.05) is 13.1 Å². The van der Waals surface area contributed by atoms with Gasteiger partial charge in [-0.2, -0.15) is 5.10 Å². The van der Waals surface area contributed by atoms with Crippen molar-refractivity contribution in [1.29, 1.82) is 0 Å². The molecule has 0 radical (unpaired) electrons. The number of amides is 2. The van der Waals surface area contributed by atoms with Gasteiger partial charge < -0.3 is 10.2 Å². The molecule has 1 aromatic carbocycles. The quantitative estimate of drug-likeness (QED) is 0.920. The SMILES string of the molecule is Cc1cc(C(=O)N2CCC3(CC2)CC3NC(=O)c2ccccc2)n(C)n1. The van der Waals surface area contributed by atoms with E-state index in [4.69, 9.17) is 0 Å². The van der Waals surface area contributed by atoms with Gasteiger partial charge in [0.05, 0.1) is 5.69 Å². The summed E-state index contributed by atoms with van der Waals surface area (Å²) < 4.78 is 1.65. The fourth-order valence-electron chi connectivity index (χ4n) is 4.06. The second-order valence-electron chi connectivity index (χ2n) is 7.55. The monoisotopic (exact) mass is 352 g/mol. The number of hydrogen-bond donors (Lipinski definition) is 1. The number of piperidine rings is 1. The summed E-state index contributed by atoms with van der Waals surface area (Å²) in [5, 5.41) is 7.43. The van der Waals surface area contributed by atoms with E-state index in [-0.39, 0.29) is 23.3 Å². The second-order valence-corrected chi connectivity index (χ2v) is 7.55. The number of carbonyl (C=O) groups is 2. The molecule has 2 aromatic rings. The lowest BCUT2D eigenvalue weighted by atomic mass is 9.92. The summed E-state index contributed by atoms with van der Waals surface area (Å²) in [6, 6.07) is 11.4. The lowest BCUT2D eigenvalue weighted by Gasteiger charge is -2.32. The van der Waals surface area contributed by atoms with E-state index >= 15 is 0 Å². The Morgan fingerprint density at radius 1 is 1.19 bits per heavy atom. The highest BCUT2D eigenvalue weighted by Gasteiger charge is 2.56. The first-order chi connectivity index (χ1) is 12.5. The van der Waals surface area contributed by atoms with E-state index in [1.807, 2.05) is 55.3 Å². The molecule has 1 aliphatic heterocycles. The number of carbonyl (C=O) groups excluding carboxylic acids is 2. The average Bonchev–Trinajstić information content (AvgIpc) is 3.17. The van der Waals surface area contributed by atoms with Gasteiger partial charge in [-0.15, -0.1) is 0 Å². The van der Waals surface area contributed by atoms with Crippen LogP contribution in [0, 0.1) is 12.3 Å². The van der Waals surface area contributed by atoms with Crippen LogP contribution in [-0.2, 0) is 7.05 Å².